The summed E-state index contributed by atoms with van der Waals surface area (Å²) in [6, 6.07) is 4.05. The van der Waals surface area contributed by atoms with Gasteiger partial charge in [0.2, 0.25) is 0 Å². The van der Waals surface area contributed by atoms with Crippen LogP contribution in [-0.2, 0) is 11.2 Å². The second-order valence-electron chi connectivity index (χ2n) is 6.07. The van der Waals surface area contributed by atoms with E-state index in [-0.39, 0.29) is 6.09 Å². The number of nitrogens with zero attached hydrogens (tertiary/aromatic N) is 1. The van der Waals surface area contributed by atoms with Gasteiger partial charge in [-0.25, -0.2) is 4.79 Å². The average Bonchev–Trinajstić information content (AvgIpc) is 2.30. The predicted molar refractivity (Wildman–Crippen MR) is 88.1 cm³/mol. The van der Waals surface area contributed by atoms with Crippen molar-refractivity contribution in [3.05, 3.63) is 28.8 Å². The highest BCUT2D eigenvalue weighted by atomic mass is 32.1. The van der Waals surface area contributed by atoms with Crippen molar-refractivity contribution < 1.29 is 9.53 Å². The van der Waals surface area contributed by atoms with Crippen LogP contribution in [0.3, 0.4) is 0 Å². The number of amides is 1. The molecule has 1 aromatic carbocycles. The molecule has 1 aromatic rings. The van der Waals surface area contributed by atoms with Gasteiger partial charge in [0.25, 0.3) is 0 Å². The summed E-state index contributed by atoms with van der Waals surface area (Å²) in [6.07, 6.45) is 0.607. The van der Waals surface area contributed by atoms with Gasteiger partial charge in [0.1, 0.15) is 5.60 Å². The number of carbonyl (C=O) groups is 1. The minimum atomic E-state index is -0.485. The van der Waals surface area contributed by atoms with E-state index in [1.54, 1.807) is 11.9 Å². The summed E-state index contributed by atoms with van der Waals surface area (Å²) in [5, 5.41) is 0. The third kappa shape index (κ3) is 4.44. The van der Waals surface area contributed by atoms with E-state index in [1.165, 1.54) is 16.7 Å². The molecule has 0 bridgehead atoms. The molecule has 0 unspecified atom stereocenters. The molecule has 0 fully saturated rings. The second kappa shape index (κ2) is 6.53. The summed E-state index contributed by atoms with van der Waals surface area (Å²) >= 11 is 4.29. The lowest BCUT2D eigenvalue weighted by molar-refractivity contribution is 0.0589. The number of thiol groups is 1. The van der Waals surface area contributed by atoms with Gasteiger partial charge >= 0.3 is 6.09 Å². The zero-order chi connectivity index (χ0) is 15.5. The molecule has 0 saturated heterocycles. The Morgan fingerprint density at radius 3 is 2.15 bits per heavy atom. The SMILES string of the molecule is Cc1cc(N(C)C(=O)OC(C)(C)C)cc(C)c1CCS. The zero-order valence-electron chi connectivity index (χ0n) is 13.3. The fraction of sp³-hybridized carbons (Fsp3) is 0.562. The monoisotopic (exact) mass is 295 g/mol. The van der Waals surface area contributed by atoms with Gasteiger partial charge in [-0.05, 0) is 75.6 Å². The second-order valence-corrected chi connectivity index (χ2v) is 6.52. The molecule has 0 aliphatic carbocycles. The van der Waals surface area contributed by atoms with Crippen LogP contribution < -0.4 is 4.90 Å². The normalized spacial score (nSPS) is 11.3. The molecular weight excluding hydrogens is 270 g/mol. The molecule has 0 radical (unpaired) electrons. The minimum Gasteiger partial charge on any atom is -0.443 e. The summed E-state index contributed by atoms with van der Waals surface area (Å²) in [6.45, 7) is 9.73. The number of rotatable bonds is 3. The molecule has 0 saturated carbocycles. The summed E-state index contributed by atoms with van der Waals surface area (Å²) in [5.41, 5.74) is 4.05. The van der Waals surface area contributed by atoms with E-state index in [0.717, 1.165) is 17.9 Å². The maximum atomic E-state index is 12.1. The highest BCUT2D eigenvalue weighted by Crippen LogP contribution is 2.24. The van der Waals surface area contributed by atoms with E-state index in [4.69, 9.17) is 4.74 Å². The third-order valence-electron chi connectivity index (χ3n) is 3.10. The molecule has 1 amide bonds. The molecule has 0 aliphatic rings. The van der Waals surface area contributed by atoms with E-state index in [9.17, 15) is 4.79 Å². The fourth-order valence-corrected chi connectivity index (χ4v) is 2.33. The molecule has 0 atom stereocenters. The van der Waals surface area contributed by atoms with Crippen molar-refractivity contribution in [2.24, 2.45) is 0 Å². The Morgan fingerprint density at radius 1 is 1.25 bits per heavy atom. The molecule has 3 nitrogen and oxygen atoms in total. The van der Waals surface area contributed by atoms with Gasteiger partial charge in [-0.15, -0.1) is 0 Å². The van der Waals surface area contributed by atoms with Crippen molar-refractivity contribution in [1.82, 2.24) is 0 Å². The largest absolute Gasteiger partial charge is 0.443 e. The van der Waals surface area contributed by atoms with Crippen molar-refractivity contribution in [1.29, 1.82) is 0 Å². The van der Waals surface area contributed by atoms with Crippen molar-refractivity contribution in [3.63, 3.8) is 0 Å². The van der Waals surface area contributed by atoms with Crippen LogP contribution in [0.15, 0.2) is 12.1 Å². The Morgan fingerprint density at radius 2 is 1.75 bits per heavy atom. The van der Waals surface area contributed by atoms with Crippen LogP contribution in [0.25, 0.3) is 0 Å². The Balaban J connectivity index is 3.00. The molecule has 112 valence electrons. The first kappa shape index (κ1) is 16.9. The molecule has 0 N–H and O–H groups in total. The smallest absolute Gasteiger partial charge is 0.414 e. The molecule has 0 spiro atoms. The van der Waals surface area contributed by atoms with Crippen LogP contribution in [0.1, 0.15) is 37.5 Å². The van der Waals surface area contributed by atoms with Crippen molar-refractivity contribution in [2.45, 2.75) is 46.6 Å². The number of aryl methyl sites for hydroxylation is 2. The molecule has 4 heteroatoms. The number of carbonyl (C=O) groups excluding carboxylic acids is 1. The van der Waals surface area contributed by atoms with Crippen molar-refractivity contribution in [2.75, 3.05) is 17.7 Å². The highest BCUT2D eigenvalue weighted by molar-refractivity contribution is 7.80. The van der Waals surface area contributed by atoms with Crippen LogP contribution in [0.4, 0.5) is 10.5 Å². The first-order valence-electron chi connectivity index (χ1n) is 6.83. The van der Waals surface area contributed by atoms with Gasteiger partial charge in [-0.3, -0.25) is 4.90 Å². The summed E-state index contributed by atoms with van der Waals surface area (Å²) < 4.78 is 5.39. The topological polar surface area (TPSA) is 29.5 Å². The average molecular weight is 295 g/mol. The Hall–Kier alpha value is -1.16. The van der Waals surface area contributed by atoms with Crippen LogP contribution in [0, 0.1) is 13.8 Å². The van der Waals surface area contributed by atoms with E-state index in [2.05, 4.69) is 26.5 Å². The van der Waals surface area contributed by atoms with E-state index >= 15 is 0 Å². The first-order chi connectivity index (χ1) is 9.15. The zero-order valence-corrected chi connectivity index (χ0v) is 14.2. The van der Waals surface area contributed by atoms with Gasteiger partial charge in [0.15, 0.2) is 0 Å². The highest BCUT2D eigenvalue weighted by Gasteiger charge is 2.21. The minimum absolute atomic E-state index is 0.335. The molecule has 1 rings (SSSR count). The van der Waals surface area contributed by atoms with E-state index in [1.807, 2.05) is 32.9 Å². The summed E-state index contributed by atoms with van der Waals surface area (Å²) in [4.78, 5) is 13.6. The number of ether oxygens (including phenoxy) is 1. The molecule has 0 aromatic heterocycles. The molecule has 20 heavy (non-hydrogen) atoms. The standard InChI is InChI=1S/C16H25NO2S/c1-11-9-13(10-12(2)14(11)7-8-20)17(6)15(18)19-16(3,4)5/h9-10,20H,7-8H2,1-6H3. The molecule has 0 aliphatic heterocycles. The lowest BCUT2D eigenvalue weighted by Crippen LogP contribution is -2.34. The third-order valence-corrected chi connectivity index (χ3v) is 3.32. The van der Waals surface area contributed by atoms with Crippen molar-refractivity contribution in [3.8, 4) is 0 Å². The van der Waals surface area contributed by atoms with Crippen LogP contribution in [0.2, 0.25) is 0 Å². The van der Waals surface area contributed by atoms with Crippen LogP contribution in [-0.4, -0.2) is 24.5 Å². The number of hydrogen-bond donors (Lipinski definition) is 1. The quantitative estimate of drug-likeness (QED) is 0.849. The maximum absolute atomic E-state index is 12.1. The Kier molecular flexibility index (Phi) is 5.51. The fourth-order valence-electron chi connectivity index (χ4n) is 2.11. The Bertz CT molecular complexity index is 469. The van der Waals surface area contributed by atoms with Gasteiger partial charge in [-0.1, -0.05) is 0 Å². The number of hydrogen-bond acceptors (Lipinski definition) is 3. The number of anilines is 1. The van der Waals surface area contributed by atoms with Crippen molar-refractivity contribution >= 4 is 24.4 Å². The van der Waals surface area contributed by atoms with E-state index in [0.29, 0.717) is 0 Å². The van der Waals surface area contributed by atoms with Gasteiger partial charge < -0.3 is 4.74 Å². The van der Waals surface area contributed by atoms with Gasteiger partial charge in [-0.2, -0.15) is 12.6 Å². The van der Waals surface area contributed by atoms with Gasteiger partial charge in [0.05, 0.1) is 0 Å². The molecule has 0 heterocycles. The molecular formula is C16H25NO2S. The van der Waals surface area contributed by atoms with Crippen LogP contribution >= 0.6 is 12.6 Å². The number of benzene rings is 1. The first-order valence-corrected chi connectivity index (χ1v) is 7.46. The van der Waals surface area contributed by atoms with Crippen LogP contribution in [0.5, 0.6) is 0 Å². The summed E-state index contributed by atoms with van der Waals surface area (Å²) in [7, 11) is 1.74. The van der Waals surface area contributed by atoms with Gasteiger partial charge in [0, 0.05) is 12.7 Å². The Labute approximate surface area is 127 Å². The lowest BCUT2D eigenvalue weighted by atomic mass is 9.99. The summed E-state index contributed by atoms with van der Waals surface area (Å²) in [5.74, 6) is 0.822. The predicted octanol–water partition coefficient (Wildman–Crippen LogP) is 4.15. The van der Waals surface area contributed by atoms with E-state index < -0.39 is 5.60 Å². The lowest BCUT2D eigenvalue weighted by Gasteiger charge is -2.25. The maximum Gasteiger partial charge on any atom is 0.414 e.